The van der Waals surface area contributed by atoms with E-state index in [2.05, 4.69) is 32.3 Å². The number of aliphatic hydroxyl groups is 1. The zero-order chi connectivity index (χ0) is 14.4. The first-order valence-corrected chi connectivity index (χ1v) is 6.68. The summed E-state index contributed by atoms with van der Waals surface area (Å²) in [6.07, 6.45) is 1.88. The molecule has 7 heteroatoms. The summed E-state index contributed by atoms with van der Waals surface area (Å²) in [5.74, 6) is 5.21. The number of nitrogens with zero attached hydrogens (tertiary/aromatic N) is 3. The molecule has 0 radical (unpaired) electrons. The Bertz CT molecular complexity index is 672. The Morgan fingerprint density at radius 1 is 1.50 bits per heavy atom. The third-order valence-electron chi connectivity index (χ3n) is 2.23. The lowest BCUT2D eigenvalue weighted by Crippen LogP contribution is -2.15. The molecular weight excluding hydrogens is 276 g/mol. The van der Waals surface area contributed by atoms with Gasteiger partial charge in [-0.15, -0.1) is 10.2 Å². The van der Waals surface area contributed by atoms with Crippen LogP contribution in [0.15, 0.2) is 18.3 Å². The molecule has 20 heavy (non-hydrogen) atoms. The zero-order valence-corrected chi connectivity index (χ0v) is 11.6. The highest BCUT2D eigenvalue weighted by molar-refractivity contribution is 7.15. The summed E-state index contributed by atoms with van der Waals surface area (Å²) in [5.41, 5.74) is 0.741. The second kappa shape index (κ2) is 6.75. The van der Waals surface area contributed by atoms with Crippen LogP contribution in [-0.4, -0.2) is 32.8 Å². The lowest BCUT2D eigenvalue weighted by molar-refractivity contribution is 0.102. The predicted octanol–water partition coefficient (Wildman–Crippen LogP) is 1.23. The summed E-state index contributed by atoms with van der Waals surface area (Å²) in [6, 6.07) is 3.41. The van der Waals surface area contributed by atoms with Crippen LogP contribution in [0.5, 0.6) is 0 Å². The van der Waals surface area contributed by atoms with E-state index < -0.39 is 0 Å². The van der Waals surface area contributed by atoms with Gasteiger partial charge in [0.25, 0.3) is 5.91 Å². The molecule has 6 nitrogen and oxygen atoms in total. The normalized spacial score (nSPS) is 9.70. The standard InChI is InChI=1S/C13H12N4O2S/c1-9-16-17-13(20-9)15-12(19)11-10(5-2-3-8-18)6-4-7-14-11/h4,6-7,18H,3,8H2,1H3,(H,15,17,19). The van der Waals surface area contributed by atoms with Crippen LogP contribution >= 0.6 is 11.3 Å². The first kappa shape index (κ1) is 14.1. The van der Waals surface area contributed by atoms with Gasteiger partial charge in [0.2, 0.25) is 5.13 Å². The monoisotopic (exact) mass is 288 g/mol. The molecule has 1 amide bonds. The fourth-order valence-electron chi connectivity index (χ4n) is 1.40. The quantitative estimate of drug-likeness (QED) is 0.829. The van der Waals surface area contributed by atoms with E-state index in [0.29, 0.717) is 17.1 Å². The highest BCUT2D eigenvalue weighted by Gasteiger charge is 2.13. The Hall–Kier alpha value is -2.30. The molecule has 0 atom stereocenters. The van der Waals surface area contributed by atoms with Crippen molar-refractivity contribution in [1.29, 1.82) is 0 Å². The maximum Gasteiger partial charge on any atom is 0.277 e. The smallest absolute Gasteiger partial charge is 0.277 e. The van der Waals surface area contributed by atoms with Crippen LogP contribution in [0, 0.1) is 18.8 Å². The summed E-state index contributed by atoms with van der Waals surface area (Å²) in [5, 5.41) is 20.2. The van der Waals surface area contributed by atoms with Crippen LogP contribution < -0.4 is 5.32 Å². The van der Waals surface area contributed by atoms with Crippen molar-refractivity contribution in [3.63, 3.8) is 0 Å². The molecule has 0 bridgehead atoms. The molecule has 2 N–H and O–H groups in total. The topological polar surface area (TPSA) is 88.0 Å². The summed E-state index contributed by atoms with van der Waals surface area (Å²) < 4.78 is 0. The molecule has 0 saturated carbocycles. The lowest BCUT2D eigenvalue weighted by atomic mass is 10.2. The summed E-state index contributed by atoms with van der Waals surface area (Å²) in [4.78, 5) is 16.2. The van der Waals surface area contributed by atoms with E-state index in [1.165, 1.54) is 17.5 Å². The fourth-order valence-corrected chi connectivity index (χ4v) is 1.99. The van der Waals surface area contributed by atoms with Crippen molar-refractivity contribution in [1.82, 2.24) is 15.2 Å². The van der Waals surface area contributed by atoms with Gasteiger partial charge in [0.1, 0.15) is 10.7 Å². The zero-order valence-electron chi connectivity index (χ0n) is 10.8. The summed E-state index contributed by atoms with van der Waals surface area (Å²) >= 11 is 1.29. The van der Waals surface area contributed by atoms with Gasteiger partial charge in [-0.1, -0.05) is 23.2 Å². The van der Waals surface area contributed by atoms with Crippen LogP contribution in [0.1, 0.15) is 27.5 Å². The number of pyridine rings is 1. The van der Waals surface area contributed by atoms with E-state index in [1.54, 1.807) is 19.1 Å². The van der Waals surface area contributed by atoms with Crippen molar-refractivity contribution in [2.24, 2.45) is 0 Å². The van der Waals surface area contributed by atoms with Gasteiger partial charge in [0, 0.05) is 12.6 Å². The van der Waals surface area contributed by atoms with Gasteiger partial charge in [-0.25, -0.2) is 4.98 Å². The number of carbonyl (C=O) groups is 1. The number of aliphatic hydroxyl groups excluding tert-OH is 1. The van der Waals surface area contributed by atoms with Crippen molar-refractivity contribution in [3.8, 4) is 11.8 Å². The molecule has 0 spiro atoms. The first-order valence-electron chi connectivity index (χ1n) is 5.87. The van der Waals surface area contributed by atoms with E-state index in [0.717, 1.165) is 5.01 Å². The van der Waals surface area contributed by atoms with E-state index >= 15 is 0 Å². The molecule has 2 rings (SSSR count). The van der Waals surface area contributed by atoms with Crippen LogP contribution in [0.3, 0.4) is 0 Å². The van der Waals surface area contributed by atoms with Crippen molar-refractivity contribution in [2.45, 2.75) is 13.3 Å². The predicted molar refractivity (Wildman–Crippen MR) is 75.4 cm³/mol. The largest absolute Gasteiger partial charge is 0.395 e. The third-order valence-corrected chi connectivity index (χ3v) is 2.98. The molecule has 102 valence electrons. The van der Waals surface area contributed by atoms with E-state index in [1.807, 2.05) is 0 Å². The molecule has 0 aromatic carbocycles. The number of nitrogens with one attached hydrogen (secondary N) is 1. The molecule has 0 aliphatic carbocycles. The van der Waals surface area contributed by atoms with Crippen molar-refractivity contribution in [3.05, 3.63) is 34.6 Å². The van der Waals surface area contributed by atoms with Gasteiger partial charge in [-0.2, -0.15) is 0 Å². The maximum atomic E-state index is 12.1. The average molecular weight is 288 g/mol. The molecule has 0 fully saturated rings. The van der Waals surface area contributed by atoms with Gasteiger partial charge >= 0.3 is 0 Å². The minimum Gasteiger partial charge on any atom is -0.395 e. The lowest BCUT2D eigenvalue weighted by Gasteiger charge is -2.02. The number of anilines is 1. The van der Waals surface area contributed by atoms with Gasteiger partial charge in [0.05, 0.1) is 12.2 Å². The minimum absolute atomic E-state index is 0.0150. The Labute approximate surface area is 119 Å². The SMILES string of the molecule is Cc1nnc(NC(=O)c2ncccc2C#CCCO)s1. The molecule has 2 heterocycles. The molecular formula is C13H12N4O2S. The van der Waals surface area contributed by atoms with Crippen LogP contribution in [0.25, 0.3) is 0 Å². The van der Waals surface area contributed by atoms with E-state index in [4.69, 9.17) is 5.11 Å². The number of carbonyl (C=O) groups excluding carboxylic acids is 1. The molecule has 2 aromatic heterocycles. The second-order valence-electron chi connectivity index (χ2n) is 3.76. The Morgan fingerprint density at radius 2 is 2.35 bits per heavy atom. The number of aryl methyl sites for hydroxylation is 1. The van der Waals surface area contributed by atoms with Gasteiger partial charge < -0.3 is 5.11 Å². The number of rotatable bonds is 3. The van der Waals surface area contributed by atoms with E-state index in [-0.39, 0.29) is 18.2 Å². The van der Waals surface area contributed by atoms with Gasteiger partial charge in [-0.05, 0) is 19.1 Å². The number of aromatic nitrogens is 3. The Kier molecular flexibility index (Phi) is 4.76. The second-order valence-corrected chi connectivity index (χ2v) is 4.94. The van der Waals surface area contributed by atoms with Gasteiger partial charge in [-0.3, -0.25) is 10.1 Å². The fraction of sp³-hybridized carbons (Fsp3) is 0.231. The van der Waals surface area contributed by atoms with Crippen molar-refractivity contribution < 1.29 is 9.90 Å². The Balaban J connectivity index is 2.19. The third kappa shape index (κ3) is 3.60. The summed E-state index contributed by atoms with van der Waals surface area (Å²) in [6.45, 7) is 1.79. The highest BCUT2D eigenvalue weighted by atomic mass is 32.1. The molecule has 0 unspecified atom stereocenters. The maximum absolute atomic E-state index is 12.1. The van der Waals surface area contributed by atoms with Crippen molar-refractivity contribution in [2.75, 3.05) is 11.9 Å². The highest BCUT2D eigenvalue weighted by Crippen LogP contribution is 2.15. The minimum atomic E-state index is -0.380. The number of amides is 1. The molecule has 0 saturated heterocycles. The first-order chi connectivity index (χ1) is 9.70. The van der Waals surface area contributed by atoms with E-state index in [9.17, 15) is 4.79 Å². The van der Waals surface area contributed by atoms with Crippen LogP contribution in [0.2, 0.25) is 0 Å². The average Bonchev–Trinajstić information content (AvgIpc) is 2.85. The molecule has 0 aliphatic rings. The molecule has 0 aliphatic heterocycles. The number of hydrogen-bond donors (Lipinski definition) is 2. The van der Waals surface area contributed by atoms with Crippen LogP contribution in [0.4, 0.5) is 5.13 Å². The number of hydrogen-bond acceptors (Lipinski definition) is 6. The summed E-state index contributed by atoms with van der Waals surface area (Å²) in [7, 11) is 0. The Morgan fingerprint density at radius 3 is 3.05 bits per heavy atom. The van der Waals surface area contributed by atoms with Gasteiger partial charge in [0.15, 0.2) is 0 Å². The van der Waals surface area contributed by atoms with Crippen LogP contribution in [-0.2, 0) is 0 Å². The van der Waals surface area contributed by atoms with Crippen molar-refractivity contribution >= 4 is 22.4 Å². The molecule has 2 aromatic rings.